The van der Waals surface area contributed by atoms with Crippen molar-refractivity contribution in [2.24, 2.45) is 10.9 Å². The number of pyridine rings is 1. The fourth-order valence-corrected chi connectivity index (χ4v) is 3.05. The topological polar surface area (TPSA) is 78.9 Å². The highest BCUT2D eigenvalue weighted by molar-refractivity contribution is 5.80. The van der Waals surface area contributed by atoms with Gasteiger partial charge in [0, 0.05) is 45.4 Å². The first-order valence-corrected chi connectivity index (χ1v) is 9.69. The molecule has 1 aromatic heterocycles. The van der Waals surface area contributed by atoms with Crippen LogP contribution in [0.5, 0.6) is 5.88 Å². The van der Waals surface area contributed by atoms with E-state index in [2.05, 4.69) is 30.2 Å². The van der Waals surface area contributed by atoms with Gasteiger partial charge < -0.3 is 20.3 Å². The molecule has 0 aliphatic carbocycles. The molecule has 162 valence electrons. The molecule has 0 atom stereocenters. The van der Waals surface area contributed by atoms with E-state index in [1.54, 1.807) is 13.1 Å². The summed E-state index contributed by atoms with van der Waals surface area (Å²) in [6, 6.07) is 3.06. The number of halogens is 3. The molecule has 7 nitrogen and oxygen atoms in total. The lowest BCUT2D eigenvalue weighted by molar-refractivity contribution is -0.154. The van der Waals surface area contributed by atoms with Crippen LogP contribution in [-0.2, 0) is 11.3 Å². The summed E-state index contributed by atoms with van der Waals surface area (Å²) in [5, 5.41) is 5.93. The predicted octanol–water partition coefficient (Wildman–Crippen LogP) is 2.34. The second kappa shape index (κ2) is 10.9. The Morgan fingerprint density at radius 1 is 1.34 bits per heavy atom. The molecule has 2 N–H and O–H groups in total. The molecular weight excluding hydrogens is 387 g/mol. The number of carbonyl (C=O) groups is 1. The van der Waals surface area contributed by atoms with Gasteiger partial charge in [-0.2, -0.15) is 13.2 Å². The van der Waals surface area contributed by atoms with Gasteiger partial charge in [-0.25, -0.2) is 9.98 Å². The van der Waals surface area contributed by atoms with E-state index in [4.69, 9.17) is 0 Å². The molecule has 0 radical (unpaired) electrons. The molecule has 0 saturated carbocycles. The van der Waals surface area contributed by atoms with Gasteiger partial charge in [0.25, 0.3) is 0 Å². The predicted molar refractivity (Wildman–Crippen MR) is 104 cm³/mol. The summed E-state index contributed by atoms with van der Waals surface area (Å²) in [6.07, 6.45) is -0.533. The SMILES string of the molecule is CCNC(=NCc1ccc(OCC(F)(F)F)nc1)N1CCC(CC(=O)NC)CC1. The maximum Gasteiger partial charge on any atom is 0.422 e. The second-order valence-corrected chi connectivity index (χ2v) is 6.89. The van der Waals surface area contributed by atoms with E-state index in [0.29, 0.717) is 18.9 Å². The van der Waals surface area contributed by atoms with E-state index in [1.165, 1.54) is 12.3 Å². The summed E-state index contributed by atoms with van der Waals surface area (Å²) in [5.74, 6) is 1.16. The van der Waals surface area contributed by atoms with E-state index in [-0.39, 0.29) is 11.8 Å². The quantitative estimate of drug-likeness (QED) is 0.528. The minimum absolute atomic E-state index is 0.0687. The third-order valence-electron chi connectivity index (χ3n) is 4.59. The lowest BCUT2D eigenvalue weighted by Crippen LogP contribution is -2.46. The minimum Gasteiger partial charge on any atom is -0.468 e. The van der Waals surface area contributed by atoms with Gasteiger partial charge in [0.2, 0.25) is 11.8 Å². The normalized spacial score (nSPS) is 15.9. The van der Waals surface area contributed by atoms with E-state index in [1.807, 2.05) is 6.92 Å². The maximum absolute atomic E-state index is 12.2. The number of nitrogens with one attached hydrogen (secondary N) is 2. The number of nitrogens with zero attached hydrogens (tertiary/aromatic N) is 3. The summed E-state index contributed by atoms with van der Waals surface area (Å²) in [7, 11) is 1.65. The monoisotopic (exact) mass is 415 g/mol. The number of alkyl halides is 3. The van der Waals surface area contributed by atoms with Crippen molar-refractivity contribution in [2.75, 3.05) is 33.3 Å². The number of likely N-dealkylation sites (tertiary alicyclic amines) is 1. The average Bonchev–Trinajstić information content (AvgIpc) is 2.70. The molecule has 1 aromatic rings. The largest absolute Gasteiger partial charge is 0.468 e. The summed E-state index contributed by atoms with van der Waals surface area (Å²) < 4.78 is 41.2. The molecule has 2 rings (SSSR count). The molecule has 0 unspecified atom stereocenters. The van der Waals surface area contributed by atoms with Gasteiger partial charge in [-0.05, 0) is 31.2 Å². The molecule has 10 heteroatoms. The lowest BCUT2D eigenvalue weighted by Gasteiger charge is -2.34. The molecule has 2 heterocycles. The van der Waals surface area contributed by atoms with Gasteiger partial charge >= 0.3 is 6.18 Å². The Bertz CT molecular complexity index is 671. The smallest absolute Gasteiger partial charge is 0.422 e. The second-order valence-electron chi connectivity index (χ2n) is 6.89. The molecule has 1 saturated heterocycles. The lowest BCUT2D eigenvalue weighted by atomic mass is 9.93. The first kappa shape index (κ1) is 22.8. The van der Waals surface area contributed by atoms with E-state index < -0.39 is 12.8 Å². The Kier molecular flexibility index (Phi) is 8.53. The number of rotatable bonds is 7. The molecule has 0 spiro atoms. The zero-order chi connectivity index (χ0) is 21.3. The van der Waals surface area contributed by atoms with Crippen molar-refractivity contribution in [2.45, 2.75) is 38.9 Å². The van der Waals surface area contributed by atoms with Crippen LogP contribution in [0.2, 0.25) is 0 Å². The molecule has 1 aliphatic rings. The van der Waals surface area contributed by atoms with Gasteiger partial charge in [-0.3, -0.25) is 4.79 Å². The minimum atomic E-state index is -4.39. The third kappa shape index (κ3) is 8.16. The van der Waals surface area contributed by atoms with Gasteiger partial charge in [0.15, 0.2) is 12.6 Å². The highest BCUT2D eigenvalue weighted by Crippen LogP contribution is 2.21. The first-order chi connectivity index (χ1) is 13.8. The number of ether oxygens (including phenoxy) is 1. The average molecular weight is 415 g/mol. The number of amides is 1. The van der Waals surface area contributed by atoms with Crippen LogP contribution in [0, 0.1) is 5.92 Å². The Balaban J connectivity index is 1.89. The molecule has 1 aliphatic heterocycles. The van der Waals surface area contributed by atoms with Crippen LogP contribution in [0.25, 0.3) is 0 Å². The summed E-state index contributed by atoms with van der Waals surface area (Å²) in [5.41, 5.74) is 0.772. The number of aromatic nitrogens is 1. The standard InChI is InChI=1S/C19H28F3N5O2/c1-3-24-18(27-8-6-14(7-9-27)10-16(28)23-2)26-12-15-4-5-17(25-11-15)29-13-19(20,21)22/h4-5,11,14H,3,6-10,12-13H2,1-2H3,(H,23,28)(H,24,26). The number of carbonyl (C=O) groups excluding carboxylic acids is 1. The summed E-state index contributed by atoms with van der Waals surface area (Å²) >= 11 is 0. The van der Waals surface area contributed by atoms with Crippen molar-refractivity contribution in [3.05, 3.63) is 23.9 Å². The molecule has 1 amide bonds. The van der Waals surface area contributed by atoms with Gasteiger partial charge in [0.1, 0.15) is 0 Å². The molecule has 0 aromatic carbocycles. The van der Waals surface area contributed by atoms with Crippen LogP contribution in [0.3, 0.4) is 0 Å². The van der Waals surface area contributed by atoms with Crippen LogP contribution in [-0.4, -0.2) is 61.2 Å². The van der Waals surface area contributed by atoms with Crippen LogP contribution in [0.15, 0.2) is 23.3 Å². The zero-order valence-electron chi connectivity index (χ0n) is 16.8. The van der Waals surface area contributed by atoms with E-state index in [9.17, 15) is 18.0 Å². The molecule has 29 heavy (non-hydrogen) atoms. The van der Waals surface area contributed by atoms with Crippen LogP contribution < -0.4 is 15.4 Å². The summed E-state index contributed by atoms with van der Waals surface area (Å²) in [6.45, 7) is 3.33. The van der Waals surface area contributed by atoms with Gasteiger partial charge in [-0.15, -0.1) is 0 Å². The first-order valence-electron chi connectivity index (χ1n) is 9.69. The number of hydrogen-bond donors (Lipinski definition) is 2. The highest BCUT2D eigenvalue weighted by atomic mass is 19.4. The number of piperidine rings is 1. The Hall–Kier alpha value is -2.52. The Morgan fingerprint density at radius 3 is 2.62 bits per heavy atom. The van der Waals surface area contributed by atoms with Gasteiger partial charge in [0.05, 0.1) is 6.54 Å². The Labute approximate surface area is 168 Å². The fraction of sp³-hybridized carbons (Fsp3) is 0.632. The zero-order valence-corrected chi connectivity index (χ0v) is 16.8. The maximum atomic E-state index is 12.2. The van der Waals surface area contributed by atoms with E-state index >= 15 is 0 Å². The fourth-order valence-electron chi connectivity index (χ4n) is 3.05. The van der Waals surface area contributed by atoms with Crippen molar-refractivity contribution < 1.29 is 22.7 Å². The third-order valence-corrected chi connectivity index (χ3v) is 4.59. The number of guanidine groups is 1. The Morgan fingerprint density at radius 2 is 2.07 bits per heavy atom. The van der Waals surface area contributed by atoms with Crippen molar-refractivity contribution in [3.8, 4) is 5.88 Å². The van der Waals surface area contributed by atoms with Crippen molar-refractivity contribution >= 4 is 11.9 Å². The number of aliphatic imine (C=N–C) groups is 1. The van der Waals surface area contributed by atoms with Gasteiger partial charge in [-0.1, -0.05) is 6.07 Å². The highest BCUT2D eigenvalue weighted by Gasteiger charge is 2.28. The van der Waals surface area contributed by atoms with Crippen molar-refractivity contribution in [3.63, 3.8) is 0 Å². The molecule has 0 bridgehead atoms. The van der Waals surface area contributed by atoms with Crippen molar-refractivity contribution in [1.82, 2.24) is 20.5 Å². The van der Waals surface area contributed by atoms with Crippen LogP contribution in [0.1, 0.15) is 31.7 Å². The van der Waals surface area contributed by atoms with Crippen molar-refractivity contribution in [1.29, 1.82) is 0 Å². The molecule has 1 fully saturated rings. The van der Waals surface area contributed by atoms with E-state index in [0.717, 1.165) is 44.0 Å². The van der Waals surface area contributed by atoms with Crippen LogP contribution in [0.4, 0.5) is 13.2 Å². The van der Waals surface area contributed by atoms with Crippen LogP contribution >= 0.6 is 0 Å². The number of hydrogen-bond acceptors (Lipinski definition) is 4. The summed E-state index contributed by atoms with van der Waals surface area (Å²) in [4.78, 5) is 22.2. The molecular formula is C19H28F3N5O2.